The van der Waals surface area contributed by atoms with E-state index in [9.17, 15) is 0 Å². The highest BCUT2D eigenvalue weighted by atomic mass is 32.2. The van der Waals surface area contributed by atoms with Crippen LogP contribution in [0.3, 0.4) is 0 Å². The van der Waals surface area contributed by atoms with Crippen molar-refractivity contribution < 1.29 is 9.47 Å². The quantitative estimate of drug-likeness (QED) is 0.546. The van der Waals surface area contributed by atoms with Gasteiger partial charge in [0.2, 0.25) is 11.8 Å². The Hall–Kier alpha value is -2.91. The summed E-state index contributed by atoms with van der Waals surface area (Å²) in [5.41, 5.74) is 3.10. The molecule has 2 aliphatic rings. The monoisotopic (exact) mass is 464 g/mol. The minimum Gasteiger partial charge on any atom is -0.473 e. The van der Waals surface area contributed by atoms with Crippen molar-refractivity contribution >= 4 is 29.2 Å². The summed E-state index contributed by atoms with van der Waals surface area (Å²) in [5, 5.41) is 3.46. The van der Waals surface area contributed by atoms with E-state index < -0.39 is 0 Å². The third-order valence-corrected chi connectivity index (χ3v) is 7.04. The SMILES string of the molecule is CSc1ccc(Nc2ncnc(OC3C4COCC3CN(c3ncccn3)C4)c2C)c(C)c1. The van der Waals surface area contributed by atoms with Gasteiger partial charge in [0.15, 0.2) is 0 Å². The molecule has 1 aromatic carbocycles. The first-order valence-electron chi connectivity index (χ1n) is 11.1. The molecule has 5 rings (SSSR count). The van der Waals surface area contributed by atoms with Crippen molar-refractivity contribution in [3.8, 4) is 5.88 Å². The number of thioether (sulfide) groups is 1. The molecule has 0 spiro atoms. The Morgan fingerprint density at radius 2 is 1.82 bits per heavy atom. The number of rotatable bonds is 6. The largest absolute Gasteiger partial charge is 0.473 e. The molecular weight excluding hydrogens is 436 g/mol. The molecule has 2 atom stereocenters. The second-order valence-electron chi connectivity index (χ2n) is 8.55. The van der Waals surface area contributed by atoms with Crippen LogP contribution in [0.4, 0.5) is 17.5 Å². The number of benzene rings is 1. The second kappa shape index (κ2) is 9.52. The fourth-order valence-corrected chi connectivity index (χ4v) is 5.05. The summed E-state index contributed by atoms with van der Waals surface area (Å²) in [6, 6.07) is 8.21. The van der Waals surface area contributed by atoms with E-state index in [1.807, 2.05) is 13.0 Å². The maximum Gasteiger partial charge on any atom is 0.225 e. The number of hydrogen-bond acceptors (Lipinski definition) is 9. The minimum absolute atomic E-state index is 0.0303. The van der Waals surface area contributed by atoms with Gasteiger partial charge in [-0.1, -0.05) is 0 Å². The van der Waals surface area contributed by atoms with Crippen LogP contribution in [0.5, 0.6) is 5.88 Å². The summed E-state index contributed by atoms with van der Waals surface area (Å²) in [4.78, 5) is 21.3. The lowest BCUT2D eigenvalue weighted by Gasteiger charge is -2.46. The van der Waals surface area contributed by atoms with E-state index in [1.54, 1.807) is 30.5 Å². The third-order valence-electron chi connectivity index (χ3n) is 6.31. The van der Waals surface area contributed by atoms with Gasteiger partial charge in [-0.15, -0.1) is 11.8 Å². The van der Waals surface area contributed by atoms with Gasteiger partial charge in [0.25, 0.3) is 0 Å². The normalized spacial score (nSPS) is 22.2. The molecule has 1 N–H and O–H groups in total. The highest BCUT2D eigenvalue weighted by molar-refractivity contribution is 7.98. The van der Waals surface area contributed by atoms with E-state index in [1.165, 1.54) is 10.5 Å². The molecule has 2 fully saturated rings. The zero-order valence-corrected chi connectivity index (χ0v) is 19.9. The summed E-state index contributed by atoms with van der Waals surface area (Å²) in [6.07, 6.45) is 7.24. The van der Waals surface area contributed by atoms with Crippen molar-refractivity contribution in [3.63, 3.8) is 0 Å². The predicted molar refractivity (Wildman–Crippen MR) is 129 cm³/mol. The van der Waals surface area contributed by atoms with Gasteiger partial charge in [-0.05, 0) is 49.9 Å². The molecular formula is C24H28N6O2S. The maximum atomic E-state index is 6.54. The lowest BCUT2D eigenvalue weighted by atomic mass is 9.84. The smallest absolute Gasteiger partial charge is 0.225 e. The van der Waals surface area contributed by atoms with Crippen molar-refractivity contribution in [1.29, 1.82) is 0 Å². The number of aryl methyl sites for hydroxylation is 1. The fraction of sp³-hybridized carbons (Fsp3) is 0.417. The molecule has 2 aromatic heterocycles. The molecule has 0 radical (unpaired) electrons. The molecule has 4 heterocycles. The number of piperidine rings is 1. The van der Waals surface area contributed by atoms with Crippen LogP contribution < -0.4 is 15.0 Å². The number of ether oxygens (including phenoxy) is 2. The lowest BCUT2D eigenvalue weighted by Crippen LogP contribution is -2.58. The molecule has 33 heavy (non-hydrogen) atoms. The zero-order chi connectivity index (χ0) is 22.8. The molecule has 3 aromatic rings. The average Bonchev–Trinajstić information content (AvgIpc) is 2.83. The molecule has 2 saturated heterocycles. The predicted octanol–water partition coefficient (Wildman–Crippen LogP) is 3.88. The van der Waals surface area contributed by atoms with Gasteiger partial charge in [-0.3, -0.25) is 0 Å². The van der Waals surface area contributed by atoms with Gasteiger partial charge < -0.3 is 19.7 Å². The first-order chi connectivity index (χ1) is 16.1. The van der Waals surface area contributed by atoms with Crippen molar-refractivity contribution in [2.75, 3.05) is 42.8 Å². The molecule has 8 nitrogen and oxygen atoms in total. The molecule has 0 aliphatic carbocycles. The highest BCUT2D eigenvalue weighted by Gasteiger charge is 2.43. The summed E-state index contributed by atoms with van der Waals surface area (Å²) < 4.78 is 12.4. The van der Waals surface area contributed by atoms with Crippen LogP contribution in [-0.4, -0.2) is 58.6 Å². The Kier molecular flexibility index (Phi) is 6.32. The summed E-state index contributed by atoms with van der Waals surface area (Å²) in [5.74, 6) is 2.58. The summed E-state index contributed by atoms with van der Waals surface area (Å²) in [6.45, 7) is 6.99. The van der Waals surface area contributed by atoms with E-state index in [2.05, 4.69) is 61.5 Å². The van der Waals surface area contributed by atoms with Crippen LogP contribution in [0, 0.1) is 25.7 Å². The number of fused-ring (bicyclic) bond motifs is 2. The van der Waals surface area contributed by atoms with Crippen LogP contribution in [0.15, 0.2) is 47.9 Å². The minimum atomic E-state index is 0.0303. The van der Waals surface area contributed by atoms with Gasteiger partial charge in [-0.2, -0.15) is 0 Å². The van der Waals surface area contributed by atoms with E-state index >= 15 is 0 Å². The topological polar surface area (TPSA) is 85.3 Å². The van der Waals surface area contributed by atoms with Crippen LogP contribution in [0.25, 0.3) is 0 Å². The van der Waals surface area contributed by atoms with Crippen molar-refractivity contribution in [3.05, 3.63) is 54.1 Å². The third kappa shape index (κ3) is 4.60. The van der Waals surface area contributed by atoms with E-state index in [0.29, 0.717) is 19.1 Å². The van der Waals surface area contributed by atoms with E-state index in [4.69, 9.17) is 9.47 Å². The highest BCUT2D eigenvalue weighted by Crippen LogP contribution is 2.34. The van der Waals surface area contributed by atoms with E-state index in [0.717, 1.165) is 36.1 Å². The van der Waals surface area contributed by atoms with Gasteiger partial charge in [-0.25, -0.2) is 19.9 Å². The van der Waals surface area contributed by atoms with Gasteiger partial charge in [0.05, 0.1) is 18.8 Å². The van der Waals surface area contributed by atoms with Crippen LogP contribution in [-0.2, 0) is 4.74 Å². The molecule has 172 valence electrons. The molecule has 0 amide bonds. The van der Waals surface area contributed by atoms with E-state index in [-0.39, 0.29) is 17.9 Å². The molecule has 9 heteroatoms. The van der Waals surface area contributed by atoms with Crippen LogP contribution in [0.2, 0.25) is 0 Å². The molecule has 2 bridgehead atoms. The van der Waals surface area contributed by atoms with Gasteiger partial charge in [0, 0.05) is 47.9 Å². The Morgan fingerprint density at radius 3 is 2.52 bits per heavy atom. The lowest BCUT2D eigenvalue weighted by molar-refractivity contribution is -0.0771. The first-order valence-corrected chi connectivity index (χ1v) is 12.3. The Bertz CT molecular complexity index is 1100. The molecule has 2 unspecified atom stereocenters. The van der Waals surface area contributed by atoms with Crippen molar-refractivity contribution in [2.24, 2.45) is 11.8 Å². The maximum absolute atomic E-state index is 6.54. The standard InChI is InChI=1S/C24H28N6O2S/c1-15-9-19(33-3)5-6-20(15)29-22-16(2)23(28-14-27-22)32-21-17-10-30(11-18(21)13-31-12-17)24-25-7-4-8-26-24/h4-9,14,17-18,21H,10-13H2,1-3H3,(H,27,28,29). The fourth-order valence-electron chi connectivity index (χ4n) is 4.55. The van der Waals surface area contributed by atoms with Crippen LogP contribution in [0.1, 0.15) is 11.1 Å². The zero-order valence-electron chi connectivity index (χ0n) is 19.1. The Morgan fingerprint density at radius 1 is 1.06 bits per heavy atom. The summed E-state index contributed by atoms with van der Waals surface area (Å²) >= 11 is 1.73. The number of nitrogens with one attached hydrogen (secondary N) is 1. The Balaban J connectivity index is 1.33. The second-order valence-corrected chi connectivity index (χ2v) is 9.43. The summed E-state index contributed by atoms with van der Waals surface area (Å²) in [7, 11) is 0. The number of hydrogen-bond donors (Lipinski definition) is 1. The first kappa shape index (κ1) is 21.9. The Labute approximate surface area is 198 Å². The number of nitrogens with zero attached hydrogens (tertiary/aromatic N) is 5. The molecule has 0 saturated carbocycles. The molecule has 2 aliphatic heterocycles. The van der Waals surface area contributed by atoms with Crippen molar-refractivity contribution in [2.45, 2.75) is 24.8 Å². The number of aromatic nitrogens is 4. The number of anilines is 3. The van der Waals surface area contributed by atoms with Crippen molar-refractivity contribution in [1.82, 2.24) is 19.9 Å². The van der Waals surface area contributed by atoms with Gasteiger partial charge >= 0.3 is 0 Å². The van der Waals surface area contributed by atoms with Crippen LogP contribution >= 0.6 is 11.8 Å². The van der Waals surface area contributed by atoms with Gasteiger partial charge in [0.1, 0.15) is 18.2 Å². The average molecular weight is 465 g/mol.